The number of nitrogens with two attached hydrogens (primary N) is 1. The van der Waals surface area contributed by atoms with Crippen LogP contribution in [0.1, 0.15) is 11.3 Å². The molecule has 0 fully saturated rings. The molecule has 17 heavy (non-hydrogen) atoms. The number of hydrogen-bond acceptors (Lipinski definition) is 1. The van der Waals surface area contributed by atoms with Crippen molar-refractivity contribution in [3.63, 3.8) is 0 Å². The molecule has 0 saturated carbocycles. The van der Waals surface area contributed by atoms with Gasteiger partial charge in [-0.15, -0.1) is 0 Å². The molecule has 0 amide bonds. The molecule has 2 rings (SSSR count). The first kappa shape index (κ1) is 11.9. The van der Waals surface area contributed by atoms with Gasteiger partial charge in [-0.2, -0.15) is 13.2 Å². The summed E-state index contributed by atoms with van der Waals surface area (Å²) in [5.74, 6) is -0.685. The quantitative estimate of drug-likeness (QED) is 0.771. The molecule has 2 N–H and O–H groups in total. The van der Waals surface area contributed by atoms with Crippen LogP contribution in [0.2, 0.25) is 0 Å². The second-order valence-electron chi connectivity index (χ2n) is 3.72. The highest BCUT2D eigenvalue weighted by Crippen LogP contribution is 2.37. The molecule has 1 heterocycles. The lowest BCUT2D eigenvalue weighted by atomic mass is 10.1. The molecule has 1 aromatic heterocycles. The molecule has 6 heteroatoms. The predicted octanol–water partition coefficient (Wildman–Crippen LogP) is 2.79. The van der Waals surface area contributed by atoms with Crippen molar-refractivity contribution in [3.8, 4) is 0 Å². The molecule has 2 nitrogen and oxygen atoms in total. The number of hydrogen-bond donors (Lipinski definition) is 1. The summed E-state index contributed by atoms with van der Waals surface area (Å²) >= 11 is 0. The highest BCUT2D eigenvalue weighted by atomic mass is 19.4. The van der Waals surface area contributed by atoms with Crippen LogP contribution in [0, 0.1) is 5.82 Å². The third-order valence-electron chi connectivity index (χ3n) is 2.74. The molecular formula is C11H10F4N2. The largest absolute Gasteiger partial charge is 0.431 e. The molecular weight excluding hydrogens is 236 g/mol. The summed E-state index contributed by atoms with van der Waals surface area (Å²) in [6, 6.07) is 3.94. The molecule has 0 spiro atoms. The number of para-hydroxylation sites is 1. The van der Waals surface area contributed by atoms with Gasteiger partial charge >= 0.3 is 6.18 Å². The van der Waals surface area contributed by atoms with Crippen LogP contribution in [-0.4, -0.2) is 4.57 Å². The number of rotatable bonds is 1. The van der Waals surface area contributed by atoms with E-state index in [-0.39, 0.29) is 23.0 Å². The summed E-state index contributed by atoms with van der Waals surface area (Å²) in [7, 11) is 1.19. The first-order chi connectivity index (χ1) is 7.88. The first-order valence-electron chi connectivity index (χ1n) is 4.91. The average Bonchev–Trinajstić information content (AvgIpc) is 2.52. The number of alkyl halides is 3. The van der Waals surface area contributed by atoms with E-state index >= 15 is 0 Å². The monoisotopic (exact) mass is 246 g/mol. The van der Waals surface area contributed by atoms with E-state index in [9.17, 15) is 17.6 Å². The Kier molecular flexibility index (Phi) is 2.61. The minimum absolute atomic E-state index is 0.0692. The fourth-order valence-electron chi connectivity index (χ4n) is 2.11. The third-order valence-corrected chi connectivity index (χ3v) is 2.74. The van der Waals surface area contributed by atoms with Crippen molar-refractivity contribution < 1.29 is 17.6 Å². The molecule has 0 aliphatic carbocycles. The zero-order chi connectivity index (χ0) is 12.8. The van der Waals surface area contributed by atoms with Crippen molar-refractivity contribution in [1.82, 2.24) is 4.57 Å². The van der Waals surface area contributed by atoms with Crippen LogP contribution in [0.25, 0.3) is 10.9 Å². The molecule has 1 aromatic carbocycles. The number of halogens is 4. The zero-order valence-corrected chi connectivity index (χ0v) is 8.98. The Morgan fingerprint density at radius 2 is 1.94 bits per heavy atom. The number of aryl methyl sites for hydroxylation is 1. The van der Waals surface area contributed by atoms with Gasteiger partial charge in [-0.25, -0.2) is 4.39 Å². The van der Waals surface area contributed by atoms with Crippen LogP contribution in [0.3, 0.4) is 0 Å². The third kappa shape index (κ3) is 1.68. The highest BCUT2D eigenvalue weighted by molar-refractivity contribution is 5.86. The highest BCUT2D eigenvalue weighted by Gasteiger charge is 2.38. The average molecular weight is 246 g/mol. The minimum atomic E-state index is -4.55. The molecule has 0 radical (unpaired) electrons. The van der Waals surface area contributed by atoms with Gasteiger partial charge in [-0.05, 0) is 6.07 Å². The summed E-state index contributed by atoms with van der Waals surface area (Å²) in [5.41, 5.74) is 4.31. The van der Waals surface area contributed by atoms with Gasteiger partial charge in [0, 0.05) is 24.5 Å². The van der Waals surface area contributed by atoms with Crippen molar-refractivity contribution in [1.29, 1.82) is 0 Å². The van der Waals surface area contributed by atoms with Crippen LogP contribution < -0.4 is 5.73 Å². The SMILES string of the molecule is Cn1c(C(F)(F)F)c(CN)c2cccc(F)c21. The van der Waals surface area contributed by atoms with Gasteiger partial charge in [-0.3, -0.25) is 0 Å². The van der Waals surface area contributed by atoms with E-state index in [1.165, 1.54) is 19.2 Å². The molecule has 0 bridgehead atoms. The zero-order valence-electron chi connectivity index (χ0n) is 8.98. The van der Waals surface area contributed by atoms with Gasteiger partial charge in [0.05, 0.1) is 5.52 Å². The molecule has 0 unspecified atom stereocenters. The Hall–Kier alpha value is -1.56. The maximum Gasteiger partial charge on any atom is 0.431 e. The minimum Gasteiger partial charge on any atom is -0.337 e. The summed E-state index contributed by atoms with van der Waals surface area (Å²) in [6.07, 6.45) is -4.55. The lowest BCUT2D eigenvalue weighted by molar-refractivity contribution is -0.143. The smallest absolute Gasteiger partial charge is 0.337 e. The molecule has 0 atom stereocenters. The van der Waals surface area contributed by atoms with E-state index in [0.29, 0.717) is 0 Å². The second-order valence-corrected chi connectivity index (χ2v) is 3.72. The van der Waals surface area contributed by atoms with Gasteiger partial charge < -0.3 is 10.3 Å². The van der Waals surface area contributed by atoms with Crippen LogP contribution in [0.4, 0.5) is 17.6 Å². The van der Waals surface area contributed by atoms with Crippen molar-refractivity contribution in [3.05, 3.63) is 35.3 Å². The fraction of sp³-hybridized carbons (Fsp3) is 0.273. The summed E-state index contributed by atoms with van der Waals surface area (Å²) < 4.78 is 53.0. The predicted molar refractivity (Wildman–Crippen MR) is 55.8 cm³/mol. The van der Waals surface area contributed by atoms with Crippen LogP contribution >= 0.6 is 0 Å². The first-order valence-corrected chi connectivity index (χ1v) is 4.91. The summed E-state index contributed by atoms with van der Waals surface area (Å²) in [5, 5.41) is 0.210. The Balaban J connectivity index is 2.94. The van der Waals surface area contributed by atoms with Gasteiger partial charge in [0.2, 0.25) is 0 Å². The van der Waals surface area contributed by atoms with E-state index in [1.807, 2.05) is 0 Å². The number of aromatic nitrogens is 1. The number of nitrogens with zero attached hydrogens (tertiary/aromatic N) is 1. The second kappa shape index (κ2) is 3.73. The van der Waals surface area contributed by atoms with E-state index < -0.39 is 17.7 Å². The molecule has 0 aliphatic rings. The molecule has 0 saturated heterocycles. The van der Waals surface area contributed by atoms with Gasteiger partial charge in [0.1, 0.15) is 11.5 Å². The Bertz CT molecular complexity index is 569. The topological polar surface area (TPSA) is 30.9 Å². The number of benzene rings is 1. The summed E-state index contributed by atoms with van der Waals surface area (Å²) in [6.45, 7) is -0.282. The van der Waals surface area contributed by atoms with E-state index in [0.717, 1.165) is 10.6 Å². The van der Waals surface area contributed by atoms with E-state index in [4.69, 9.17) is 5.73 Å². The van der Waals surface area contributed by atoms with E-state index in [2.05, 4.69) is 0 Å². The molecule has 0 aliphatic heterocycles. The molecule has 92 valence electrons. The normalized spacial score (nSPS) is 12.4. The fourth-order valence-corrected chi connectivity index (χ4v) is 2.11. The lowest BCUT2D eigenvalue weighted by Crippen LogP contribution is -2.15. The van der Waals surface area contributed by atoms with Crippen molar-refractivity contribution in [2.45, 2.75) is 12.7 Å². The Morgan fingerprint density at radius 3 is 2.47 bits per heavy atom. The van der Waals surface area contributed by atoms with Crippen molar-refractivity contribution in [2.75, 3.05) is 0 Å². The van der Waals surface area contributed by atoms with Gasteiger partial charge in [0.15, 0.2) is 0 Å². The van der Waals surface area contributed by atoms with Crippen molar-refractivity contribution in [2.24, 2.45) is 12.8 Å². The Labute approximate surface area is 94.6 Å². The van der Waals surface area contributed by atoms with Crippen LogP contribution in [-0.2, 0) is 19.8 Å². The van der Waals surface area contributed by atoms with Crippen molar-refractivity contribution >= 4 is 10.9 Å². The van der Waals surface area contributed by atoms with E-state index in [1.54, 1.807) is 0 Å². The van der Waals surface area contributed by atoms with Crippen LogP contribution in [0.15, 0.2) is 18.2 Å². The van der Waals surface area contributed by atoms with Gasteiger partial charge in [-0.1, -0.05) is 12.1 Å². The maximum absolute atomic E-state index is 13.5. The van der Waals surface area contributed by atoms with Crippen LogP contribution in [0.5, 0.6) is 0 Å². The van der Waals surface area contributed by atoms with Gasteiger partial charge in [0.25, 0.3) is 0 Å². The lowest BCUT2D eigenvalue weighted by Gasteiger charge is -2.10. The molecule has 2 aromatic rings. The Morgan fingerprint density at radius 1 is 1.29 bits per heavy atom. The standard InChI is InChI=1S/C11H10F4N2/c1-17-9-6(3-2-4-8(9)12)7(5-16)10(17)11(13,14)15/h2-4H,5,16H2,1H3. The maximum atomic E-state index is 13.5. The number of fused-ring (bicyclic) bond motifs is 1. The summed E-state index contributed by atoms with van der Waals surface area (Å²) in [4.78, 5) is 0.